The zero-order valence-electron chi connectivity index (χ0n) is 14.2. The lowest BCUT2D eigenvalue weighted by Gasteiger charge is -2.15. The van der Waals surface area contributed by atoms with E-state index < -0.39 is 5.97 Å². The Balaban J connectivity index is 3.51. The van der Waals surface area contributed by atoms with Gasteiger partial charge in [-0.2, -0.15) is 0 Å². The molecule has 21 heavy (non-hydrogen) atoms. The topological polar surface area (TPSA) is 46.5 Å². The molecule has 3 heteroatoms. The van der Waals surface area contributed by atoms with Crippen LogP contribution in [0.5, 0.6) is 0 Å². The Morgan fingerprint density at radius 3 is 1.90 bits per heavy atom. The second-order valence-corrected chi connectivity index (χ2v) is 6.06. The van der Waals surface area contributed by atoms with Gasteiger partial charge in [-0.05, 0) is 12.8 Å². The number of carbonyl (C=O) groups is 1. The van der Waals surface area contributed by atoms with Crippen molar-refractivity contribution in [2.24, 2.45) is 0 Å². The van der Waals surface area contributed by atoms with E-state index >= 15 is 0 Å². The van der Waals surface area contributed by atoms with Crippen LogP contribution in [0.2, 0.25) is 0 Å². The summed E-state index contributed by atoms with van der Waals surface area (Å²) in [5.74, 6) is -0.743. The lowest BCUT2D eigenvalue weighted by molar-refractivity contribution is -0.140. The van der Waals surface area contributed by atoms with Gasteiger partial charge in [0, 0.05) is 6.61 Å². The quantitative estimate of drug-likeness (QED) is 0.379. The first-order valence-electron chi connectivity index (χ1n) is 9.04. The van der Waals surface area contributed by atoms with E-state index in [0.29, 0.717) is 6.61 Å². The van der Waals surface area contributed by atoms with E-state index in [1.54, 1.807) is 0 Å². The fourth-order valence-corrected chi connectivity index (χ4v) is 2.52. The summed E-state index contributed by atoms with van der Waals surface area (Å²) < 4.78 is 5.68. The summed E-state index contributed by atoms with van der Waals surface area (Å²) in [5, 5.41) is 8.90. The Labute approximate surface area is 131 Å². The van der Waals surface area contributed by atoms with Gasteiger partial charge in [0.1, 0.15) is 0 Å². The van der Waals surface area contributed by atoms with E-state index in [-0.39, 0.29) is 12.5 Å². The third-order valence-electron chi connectivity index (χ3n) is 3.88. The summed E-state index contributed by atoms with van der Waals surface area (Å²) in [6, 6.07) is 0. The van der Waals surface area contributed by atoms with E-state index in [9.17, 15) is 4.79 Å². The SMILES string of the molecule is CCCCCCCCCCCC(CC(=O)O)OCCCC. The fourth-order valence-electron chi connectivity index (χ4n) is 2.52. The van der Waals surface area contributed by atoms with Crippen LogP contribution in [0.4, 0.5) is 0 Å². The molecule has 1 unspecified atom stereocenters. The van der Waals surface area contributed by atoms with Crippen molar-refractivity contribution in [3.05, 3.63) is 0 Å². The zero-order chi connectivity index (χ0) is 15.8. The number of hydrogen-bond acceptors (Lipinski definition) is 2. The molecular formula is C18H36O3. The van der Waals surface area contributed by atoms with E-state index in [1.807, 2.05) is 0 Å². The third kappa shape index (κ3) is 15.6. The van der Waals surface area contributed by atoms with Crippen molar-refractivity contribution >= 4 is 5.97 Å². The monoisotopic (exact) mass is 300 g/mol. The molecule has 0 bridgehead atoms. The van der Waals surface area contributed by atoms with E-state index in [2.05, 4.69) is 13.8 Å². The largest absolute Gasteiger partial charge is 0.481 e. The number of unbranched alkanes of at least 4 members (excludes halogenated alkanes) is 9. The predicted molar refractivity (Wildman–Crippen MR) is 88.7 cm³/mol. The van der Waals surface area contributed by atoms with Gasteiger partial charge in [-0.25, -0.2) is 0 Å². The van der Waals surface area contributed by atoms with E-state index in [4.69, 9.17) is 9.84 Å². The molecule has 0 aliphatic heterocycles. The highest BCUT2D eigenvalue weighted by atomic mass is 16.5. The molecule has 0 fully saturated rings. The van der Waals surface area contributed by atoms with Crippen molar-refractivity contribution in [2.75, 3.05) is 6.61 Å². The lowest BCUT2D eigenvalue weighted by atomic mass is 10.0. The normalized spacial score (nSPS) is 12.5. The highest BCUT2D eigenvalue weighted by Gasteiger charge is 2.13. The highest BCUT2D eigenvalue weighted by molar-refractivity contribution is 5.67. The molecule has 1 atom stereocenters. The van der Waals surface area contributed by atoms with Crippen LogP contribution >= 0.6 is 0 Å². The van der Waals surface area contributed by atoms with Crippen molar-refractivity contribution in [3.63, 3.8) is 0 Å². The summed E-state index contributed by atoms with van der Waals surface area (Å²) in [5.41, 5.74) is 0. The van der Waals surface area contributed by atoms with Gasteiger partial charge in [-0.3, -0.25) is 4.79 Å². The van der Waals surface area contributed by atoms with Crippen molar-refractivity contribution in [1.82, 2.24) is 0 Å². The third-order valence-corrected chi connectivity index (χ3v) is 3.88. The Bertz CT molecular complexity index is 229. The van der Waals surface area contributed by atoms with Crippen LogP contribution in [0.15, 0.2) is 0 Å². The van der Waals surface area contributed by atoms with Crippen LogP contribution in [-0.2, 0) is 9.53 Å². The van der Waals surface area contributed by atoms with Gasteiger partial charge in [0.2, 0.25) is 0 Å². The van der Waals surface area contributed by atoms with Crippen LogP contribution in [-0.4, -0.2) is 23.8 Å². The molecule has 1 N–H and O–H groups in total. The fraction of sp³-hybridized carbons (Fsp3) is 0.944. The molecule has 0 aliphatic carbocycles. The molecule has 0 aromatic carbocycles. The molecule has 0 saturated carbocycles. The molecule has 0 aromatic rings. The second-order valence-electron chi connectivity index (χ2n) is 6.06. The van der Waals surface area contributed by atoms with Crippen molar-refractivity contribution in [3.8, 4) is 0 Å². The van der Waals surface area contributed by atoms with Crippen molar-refractivity contribution < 1.29 is 14.6 Å². The summed E-state index contributed by atoms with van der Waals surface area (Å²) >= 11 is 0. The number of ether oxygens (including phenoxy) is 1. The molecule has 0 spiro atoms. The molecule has 3 nitrogen and oxygen atoms in total. The standard InChI is InChI=1S/C18H36O3/c1-3-5-7-8-9-10-11-12-13-14-17(16-18(19)20)21-15-6-4-2/h17H,3-16H2,1-2H3,(H,19,20). The minimum Gasteiger partial charge on any atom is -0.481 e. The maximum absolute atomic E-state index is 10.8. The van der Waals surface area contributed by atoms with Gasteiger partial charge in [0.15, 0.2) is 0 Å². The first kappa shape index (κ1) is 20.4. The number of carboxylic acid groups (broad SMARTS) is 1. The smallest absolute Gasteiger partial charge is 0.305 e. The maximum Gasteiger partial charge on any atom is 0.305 e. The minimum atomic E-state index is -0.743. The number of hydrogen-bond donors (Lipinski definition) is 1. The van der Waals surface area contributed by atoms with Crippen LogP contribution in [0.1, 0.15) is 97.3 Å². The summed E-state index contributed by atoms with van der Waals surface area (Å²) in [4.78, 5) is 10.8. The molecule has 0 aromatic heterocycles. The Kier molecular flexibility index (Phi) is 15.4. The van der Waals surface area contributed by atoms with Crippen molar-refractivity contribution in [1.29, 1.82) is 0 Å². The predicted octanol–water partition coefficient (Wildman–Crippen LogP) is 5.57. The first-order chi connectivity index (χ1) is 10.2. The van der Waals surface area contributed by atoms with E-state index in [1.165, 1.54) is 51.4 Å². The Hall–Kier alpha value is -0.570. The Morgan fingerprint density at radius 2 is 1.38 bits per heavy atom. The molecule has 0 saturated heterocycles. The maximum atomic E-state index is 10.8. The van der Waals surface area contributed by atoms with Gasteiger partial charge < -0.3 is 9.84 Å². The summed E-state index contributed by atoms with van der Waals surface area (Å²) in [7, 11) is 0. The zero-order valence-corrected chi connectivity index (χ0v) is 14.2. The van der Waals surface area contributed by atoms with Crippen LogP contribution < -0.4 is 0 Å². The van der Waals surface area contributed by atoms with Crippen LogP contribution in [0.25, 0.3) is 0 Å². The lowest BCUT2D eigenvalue weighted by Crippen LogP contribution is -2.18. The molecular weight excluding hydrogens is 264 g/mol. The first-order valence-corrected chi connectivity index (χ1v) is 9.04. The number of rotatable bonds is 16. The summed E-state index contributed by atoms with van der Waals surface area (Å²) in [6.45, 7) is 5.07. The van der Waals surface area contributed by atoms with E-state index in [0.717, 1.165) is 25.7 Å². The van der Waals surface area contributed by atoms with Gasteiger partial charge in [-0.1, -0.05) is 78.1 Å². The Morgan fingerprint density at radius 1 is 0.857 bits per heavy atom. The highest BCUT2D eigenvalue weighted by Crippen LogP contribution is 2.14. The van der Waals surface area contributed by atoms with Gasteiger partial charge >= 0.3 is 5.97 Å². The minimum absolute atomic E-state index is 0.0846. The summed E-state index contributed by atoms with van der Waals surface area (Å²) in [6.07, 6.45) is 14.8. The number of carboxylic acids is 1. The average molecular weight is 300 g/mol. The molecule has 0 radical (unpaired) electrons. The molecule has 0 rings (SSSR count). The van der Waals surface area contributed by atoms with Gasteiger partial charge in [0.05, 0.1) is 12.5 Å². The van der Waals surface area contributed by atoms with Crippen molar-refractivity contribution in [2.45, 2.75) is 103 Å². The van der Waals surface area contributed by atoms with Gasteiger partial charge in [0.25, 0.3) is 0 Å². The molecule has 126 valence electrons. The molecule has 0 amide bonds. The van der Waals surface area contributed by atoms with Crippen LogP contribution in [0.3, 0.4) is 0 Å². The van der Waals surface area contributed by atoms with Crippen LogP contribution in [0, 0.1) is 0 Å². The average Bonchev–Trinajstić information content (AvgIpc) is 2.45. The number of aliphatic carboxylic acids is 1. The molecule has 0 heterocycles. The second kappa shape index (κ2) is 15.8. The molecule has 0 aliphatic rings. The van der Waals surface area contributed by atoms with Gasteiger partial charge in [-0.15, -0.1) is 0 Å².